The van der Waals surface area contributed by atoms with Crippen LogP contribution in [0, 0.1) is 0 Å². The SMILES string of the molecule is CCCCOc1noc(C=O)c1Br. The van der Waals surface area contributed by atoms with Crippen molar-refractivity contribution in [1.29, 1.82) is 0 Å². The van der Waals surface area contributed by atoms with Crippen LogP contribution < -0.4 is 4.74 Å². The molecule has 4 nitrogen and oxygen atoms in total. The van der Waals surface area contributed by atoms with Gasteiger partial charge in [0.25, 0.3) is 5.88 Å². The average Bonchev–Trinajstić information content (AvgIpc) is 2.48. The number of carbonyl (C=O) groups is 1. The van der Waals surface area contributed by atoms with Crippen LogP contribution in [0.1, 0.15) is 30.3 Å². The van der Waals surface area contributed by atoms with Crippen LogP contribution in [-0.4, -0.2) is 18.0 Å². The Morgan fingerprint density at radius 3 is 3.00 bits per heavy atom. The van der Waals surface area contributed by atoms with E-state index in [0.717, 1.165) is 12.8 Å². The molecule has 0 radical (unpaired) electrons. The number of ether oxygens (including phenoxy) is 1. The molecule has 13 heavy (non-hydrogen) atoms. The van der Waals surface area contributed by atoms with E-state index in [1.54, 1.807) is 0 Å². The average molecular weight is 248 g/mol. The fourth-order valence-electron chi connectivity index (χ4n) is 0.752. The van der Waals surface area contributed by atoms with E-state index in [4.69, 9.17) is 4.74 Å². The monoisotopic (exact) mass is 247 g/mol. The minimum atomic E-state index is 0.159. The van der Waals surface area contributed by atoms with Crippen molar-refractivity contribution in [2.45, 2.75) is 19.8 Å². The van der Waals surface area contributed by atoms with Crippen molar-refractivity contribution < 1.29 is 14.1 Å². The van der Waals surface area contributed by atoms with Crippen molar-refractivity contribution >= 4 is 22.2 Å². The van der Waals surface area contributed by atoms with Crippen molar-refractivity contribution in [1.82, 2.24) is 5.16 Å². The molecule has 0 fully saturated rings. The van der Waals surface area contributed by atoms with Gasteiger partial charge in [-0.2, -0.15) is 0 Å². The molecule has 1 heterocycles. The maximum absolute atomic E-state index is 10.4. The van der Waals surface area contributed by atoms with E-state index in [-0.39, 0.29) is 5.76 Å². The standard InChI is InChI=1S/C8H10BrNO3/c1-2-3-4-12-8-7(9)6(5-11)13-10-8/h5H,2-4H2,1H3. The number of rotatable bonds is 5. The number of halogens is 1. The highest BCUT2D eigenvalue weighted by molar-refractivity contribution is 9.10. The van der Waals surface area contributed by atoms with Gasteiger partial charge < -0.3 is 9.26 Å². The molecule has 0 spiro atoms. The molecule has 0 amide bonds. The second kappa shape index (κ2) is 5.01. The Morgan fingerprint density at radius 2 is 2.46 bits per heavy atom. The van der Waals surface area contributed by atoms with E-state index in [9.17, 15) is 4.79 Å². The third kappa shape index (κ3) is 2.55. The molecular weight excluding hydrogens is 238 g/mol. The zero-order valence-electron chi connectivity index (χ0n) is 7.25. The van der Waals surface area contributed by atoms with E-state index in [1.807, 2.05) is 0 Å². The van der Waals surface area contributed by atoms with Crippen molar-refractivity contribution in [3.63, 3.8) is 0 Å². The van der Waals surface area contributed by atoms with Gasteiger partial charge in [0.2, 0.25) is 5.76 Å². The summed E-state index contributed by atoms with van der Waals surface area (Å²) in [4.78, 5) is 10.4. The molecule has 0 bridgehead atoms. The lowest BCUT2D eigenvalue weighted by atomic mass is 10.4. The maximum Gasteiger partial charge on any atom is 0.269 e. The Labute approximate surface area is 84.4 Å². The Bertz CT molecular complexity index is 285. The predicted octanol–water partition coefficient (Wildman–Crippen LogP) is 2.43. The van der Waals surface area contributed by atoms with Gasteiger partial charge in [0.05, 0.1) is 6.61 Å². The van der Waals surface area contributed by atoms with E-state index in [1.165, 1.54) is 0 Å². The minimum absolute atomic E-state index is 0.159. The number of unbranched alkanes of at least 4 members (excludes halogenated alkanes) is 1. The fraction of sp³-hybridized carbons (Fsp3) is 0.500. The number of aldehydes is 1. The Balaban J connectivity index is 2.56. The fourth-order valence-corrected chi connectivity index (χ4v) is 1.11. The molecule has 0 unspecified atom stereocenters. The summed E-state index contributed by atoms with van der Waals surface area (Å²) >= 11 is 3.15. The quantitative estimate of drug-likeness (QED) is 0.593. The lowest BCUT2D eigenvalue weighted by Gasteiger charge is -1.99. The maximum atomic E-state index is 10.4. The van der Waals surface area contributed by atoms with Crippen LogP contribution in [0.25, 0.3) is 0 Å². The van der Waals surface area contributed by atoms with Crippen molar-refractivity contribution in [2.75, 3.05) is 6.61 Å². The summed E-state index contributed by atoms with van der Waals surface area (Å²) < 4.78 is 10.4. The molecule has 0 saturated carbocycles. The molecule has 72 valence electrons. The molecule has 0 aromatic carbocycles. The van der Waals surface area contributed by atoms with Gasteiger partial charge in [-0.25, -0.2) is 0 Å². The third-order valence-corrected chi connectivity index (χ3v) is 2.20. The summed E-state index contributed by atoms with van der Waals surface area (Å²) in [6, 6.07) is 0. The van der Waals surface area contributed by atoms with Crippen LogP contribution in [-0.2, 0) is 0 Å². The molecule has 5 heteroatoms. The highest BCUT2D eigenvalue weighted by Gasteiger charge is 2.13. The highest BCUT2D eigenvalue weighted by atomic mass is 79.9. The largest absolute Gasteiger partial charge is 0.475 e. The number of hydrogen-bond donors (Lipinski definition) is 0. The zero-order chi connectivity index (χ0) is 9.68. The Kier molecular flexibility index (Phi) is 3.95. The molecule has 0 atom stereocenters. The predicted molar refractivity (Wildman–Crippen MR) is 50.0 cm³/mol. The van der Waals surface area contributed by atoms with E-state index in [2.05, 4.69) is 32.5 Å². The highest BCUT2D eigenvalue weighted by Crippen LogP contribution is 2.26. The van der Waals surface area contributed by atoms with Gasteiger partial charge in [0.15, 0.2) is 6.29 Å². The molecular formula is C8H10BrNO3. The second-order valence-corrected chi connectivity index (χ2v) is 3.28. The number of aromatic nitrogens is 1. The summed E-state index contributed by atoms with van der Waals surface area (Å²) in [5.41, 5.74) is 0. The lowest BCUT2D eigenvalue weighted by Crippen LogP contribution is -1.96. The van der Waals surface area contributed by atoms with Crippen LogP contribution in [0.4, 0.5) is 0 Å². The normalized spacial score (nSPS) is 10.0. The lowest BCUT2D eigenvalue weighted by molar-refractivity contribution is 0.109. The molecule has 0 N–H and O–H groups in total. The molecule has 1 aromatic rings. The summed E-state index contributed by atoms with van der Waals surface area (Å²) in [6.45, 7) is 2.65. The van der Waals surface area contributed by atoms with Gasteiger partial charge in [-0.15, -0.1) is 0 Å². The topological polar surface area (TPSA) is 52.3 Å². The Hall–Kier alpha value is -0.840. The van der Waals surface area contributed by atoms with Crippen molar-refractivity contribution in [3.05, 3.63) is 10.2 Å². The van der Waals surface area contributed by atoms with E-state index < -0.39 is 0 Å². The van der Waals surface area contributed by atoms with Crippen molar-refractivity contribution in [2.24, 2.45) is 0 Å². The second-order valence-electron chi connectivity index (χ2n) is 2.49. The van der Waals surface area contributed by atoms with Gasteiger partial charge in [-0.05, 0) is 27.5 Å². The summed E-state index contributed by atoms with van der Waals surface area (Å²) in [7, 11) is 0. The molecule has 1 aromatic heterocycles. The third-order valence-electron chi connectivity index (χ3n) is 1.47. The smallest absolute Gasteiger partial charge is 0.269 e. The van der Waals surface area contributed by atoms with E-state index >= 15 is 0 Å². The molecule has 0 saturated heterocycles. The molecule has 0 aliphatic heterocycles. The van der Waals surface area contributed by atoms with Crippen LogP contribution >= 0.6 is 15.9 Å². The van der Waals surface area contributed by atoms with Gasteiger partial charge in [-0.3, -0.25) is 4.79 Å². The number of nitrogens with zero attached hydrogens (tertiary/aromatic N) is 1. The van der Waals surface area contributed by atoms with Gasteiger partial charge in [0, 0.05) is 0 Å². The summed E-state index contributed by atoms with van der Waals surface area (Å²) in [5, 5.41) is 3.58. The number of carbonyl (C=O) groups excluding carboxylic acids is 1. The Morgan fingerprint density at radius 1 is 1.69 bits per heavy atom. The molecule has 0 aliphatic rings. The zero-order valence-corrected chi connectivity index (χ0v) is 8.83. The van der Waals surface area contributed by atoms with Crippen LogP contribution in [0.3, 0.4) is 0 Å². The van der Waals surface area contributed by atoms with Gasteiger partial charge in [0.1, 0.15) is 4.47 Å². The summed E-state index contributed by atoms with van der Waals surface area (Å²) in [6.07, 6.45) is 2.59. The van der Waals surface area contributed by atoms with E-state index in [0.29, 0.717) is 23.2 Å². The van der Waals surface area contributed by atoms with Gasteiger partial charge >= 0.3 is 0 Å². The van der Waals surface area contributed by atoms with Crippen LogP contribution in [0.2, 0.25) is 0 Å². The van der Waals surface area contributed by atoms with Crippen LogP contribution in [0.15, 0.2) is 9.00 Å². The first kappa shape index (κ1) is 10.2. The first-order valence-electron chi connectivity index (χ1n) is 4.02. The summed E-state index contributed by atoms with van der Waals surface area (Å²) in [5.74, 6) is 0.502. The minimum Gasteiger partial charge on any atom is -0.475 e. The molecule has 0 aliphatic carbocycles. The first-order valence-corrected chi connectivity index (χ1v) is 4.82. The first-order chi connectivity index (χ1) is 6.29. The van der Waals surface area contributed by atoms with Gasteiger partial charge in [-0.1, -0.05) is 13.3 Å². The van der Waals surface area contributed by atoms with Crippen molar-refractivity contribution in [3.8, 4) is 5.88 Å². The number of hydrogen-bond acceptors (Lipinski definition) is 4. The molecule has 1 rings (SSSR count). The van der Waals surface area contributed by atoms with Crippen LogP contribution in [0.5, 0.6) is 5.88 Å².